The van der Waals surface area contributed by atoms with Crippen molar-refractivity contribution in [1.82, 2.24) is 4.90 Å². The number of imide groups is 1. The fourth-order valence-electron chi connectivity index (χ4n) is 2.42. The molecule has 6 heteroatoms. The molecule has 0 saturated carbocycles. The standard InChI is InChI=1S/C17H13Cl2NO2S/c18-13-7-6-12(14(19)8-13)9-20-15(21)10-23-16(17(20)22)11-4-2-1-3-5-11/h1-8,16H,9-10H2. The van der Waals surface area contributed by atoms with Crippen LogP contribution in [0.25, 0.3) is 0 Å². The third-order valence-electron chi connectivity index (χ3n) is 3.61. The molecule has 1 atom stereocenters. The summed E-state index contributed by atoms with van der Waals surface area (Å²) in [5.41, 5.74) is 1.61. The van der Waals surface area contributed by atoms with Crippen LogP contribution in [0.3, 0.4) is 0 Å². The number of carbonyl (C=O) groups is 2. The van der Waals surface area contributed by atoms with Crippen LogP contribution in [0.5, 0.6) is 0 Å². The predicted octanol–water partition coefficient (Wildman–Crippen LogP) is 4.34. The Morgan fingerprint density at radius 3 is 2.52 bits per heavy atom. The molecule has 0 aromatic heterocycles. The first-order chi connectivity index (χ1) is 11.1. The molecule has 23 heavy (non-hydrogen) atoms. The molecular formula is C17H13Cl2NO2S. The van der Waals surface area contributed by atoms with E-state index in [9.17, 15) is 9.59 Å². The SMILES string of the molecule is O=C1CSC(c2ccccc2)C(=O)N1Cc1ccc(Cl)cc1Cl. The minimum absolute atomic E-state index is 0.164. The summed E-state index contributed by atoms with van der Waals surface area (Å²) in [4.78, 5) is 26.2. The van der Waals surface area contributed by atoms with Crippen LogP contribution in [0.1, 0.15) is 16.4 Å². The topological polar surface area (TPSA) is 37.4 Å². The molecule has 1 unspecified atom stereocenters. The number of hydrogen-bond acceptors (Lipinski definition) is 3. The van der Waals surface area contributed by atoms with Crippen molar-refractivity contribution < 1.29 is 9.59 Å². The zero-order valence-corrected chi connectivity index (χ0v) is 14.4. The molecule has 118 valence electrons. The maximum absolute atomic E-state index is 12.7. The molecule has 1 saturated heterocycles. The van der Waals surface area contributed by atoms with Crippen LogP contribution in [-0.2, 0) is 16.1 Å². The zero-order valence-electron chi connectivity index (χ0n) is 12.0. The van der Waals surface area contributed by atoms with Gasteiger partial charge in [0.1, 0.15) is 5.25 Å². The molecule has 2 aromatic carbocycles. The average molecular weight is 366 g/mol. The molecule has 0 aliphatic carbocycles. The quantitative estimate of drug-likeness (QED) is 0.759. The van der Waals surface area contributed by atoms with E-state index < -0.39 is 0 Å². The first-order valence-corrected chi connectivity index (χ1v) is 8.81. The largest absolute Gasteiger partial charge is 0.276 e. The number of hydrogen-bond donors (Lipinski definition) is 0. The van der Waals surface area contributed by atoms with E-state index in [0.29, 0.717) is 15.6 Å². The maximum atomic E-state index is 12.7. The van der Waals surface area contributed by atoms with Crippen molar-refractivity contribution in [2.45, 2.75) is 11.8 Å². The Balaban J connectivity index is 1.85. The summed E-state index contributed by atoms with van der Waals surface area (Å²) < 4.78 is 0. The molecule has 0 N–H and O–H groups in total. The molecule has 1 aliphatic rings. The molecule has 2 amide bonds. The van der Waals surface area contributed by atoms with Gasteiger partial charge in [-0.05, 0) is 23.3 Å². The van der Waals surface area contributed by atoms with E-state index in [1.807, 2.05) is 30.3 Å². The van der Waals surface area contributed by atoms with Crippen LogP contribution in [0.2, 0.25) is 10.0 Å². The van der Waals surface area contributed by atoms with Gasteiger partial charge in [0.25, 0.3) is 0 Å². The summed E-state index contributed by atoms with van der Waals surface area (Å²) in [5.74, 6) is -0.127. The minimum atomic E-state index is -0.361. The van der Waals surface area contributed by atoms with Gasteiger partial charge >= 0.3 is 0 Å². The molecule has 3 rings (SSSR count). The Bertz CT molecular complexity index is 752. The third-order valence-corrected chi connectivity index (χ3v) is 5.42. The van der Waals surface area contributed by atoms with Gasteiger partial charge in [0.15, 0.2) is 0 Å². The van der Waals surface area contributed by atoms with Gasteiger partial charge in [-0.25, -0.2) is 0 Å². The molecule has 2 aromatic rings. The Hall–Kier alpha value is -1.49. The number of amides is 2. The monoisotopic (exact) mass is 365 g/mol. The molecule has 0 bridgehead atoms. The van der Waals surface area contributed by atoms with Crippen molar-refractivity contribution in [3.63, 3.8) is 0 Å². The lowest BCUT2D eigenvalue weighted by molar-refractivity contribution is -0.144. The summed E-state index contributed by atoms with van der Waals surface area (Å²) >= 11 is 13.4. The number of nitrogens with zero attached hydrogens (tertiary/aromatic N) is 1. The van der Waals surface area contributed by atoms with E-state index >= 15 is 0 Å². The van der Waals surface area contributed by atoms with Crippen molar-refractivity contribution in [3.8, 4) is 0 Å². The van der Waals surface area contributed by atoms with Crippen LogP contribution in [0.15, 0.2) is 48.5 Å². The van der Waals surface area contributed by atoms with Gasteiger partial charge in [-0.3, -0.25) is 14.5 Å². The first-order valence-electron chi connectivity index (χ1n) is 7.01. The van der Waals surface area contributed by atoms with Crippen molar-refractivity contribution in [1.29, 1.82) is 0 Å². The summed E-state index contributed by atoms with van der Waals surface area (Å²) in [6.07, 6.45) is 0. The van der Waals surface area contributed by atoms with Crippen molar-refractivity contribution in [2.75, 3.05) is 5.75 Å². The second kappa shape index (κ2) is 6.95. The summed E-state index contributed by atoms with van der Waals surface area (Å²) in [6.45, 7) is 0.164. The highest BCUT2D eigenvalue weighted by atomic mass is 35.5. The van der Waals surface area contributed by atoms with Crippen LogP contribution in [0.4, 0.5) is 0 Å². The van der Waals surface area contributed by atoms with Crippen molar-refractivity contribution >= 4 is 46.8 Å². The van der Waals surface area contributed by atoms with Gasteiger partial charge in [-0.15, -0.1) is 11.8 Å². The lowest BCUT2D eigenvalue weighted by Gasteiger charge is -2.30. The van der Waals surface area contributed by atoms with Crippen molar-refractivity contribution in [3.05, 3.63) is 69.7 Å². The van der Waals surface area contributed by atoms with Gasteiger partial charge in [0.05, 0.1) is 12.3 Å². The maximum Gasteiger partial charge on any atom is 0.247 e. The normalized spacial score (nSPS) is 18.3. The third kappa shape index (κ3) is 3.55. The number of benzene rings is 2. The molecule has 1 heterocycles. The van der Waals surface area contributed by atoms with Gasteiger partial charge in [0.2, 0.25) is 11.8 Å². The Morgan fingerprint density at radius 2 is 1.83 bits per heavy atom. The number of halogens is 2. The van der Waals surface area contributed by atoms with E-state index in [1.165, 1.54) is 16.7 Å². The molecule has 3 nitrogen and oxygen atoms in total. The lowest BCUT2D eigenvalue weighted by atomic mass is 10.1. The molecule has 1 fully saturated rings. The molecule has 0 spiro atoms. The van der Waals surface area contributed by atoms with E-state index in [4.69, 9.17) is 23.2 Å². The van der Waals surface area contributed by atoms with Crippen LogP contribution < -0.4 is 0 Å². The summed E-state index contributed by atoms with van der Waals surface area (Å²) in [6, 6.07) is 14.5. The second-order valence-electron chi connectivity index (χ2n) is 5.16. The lowest BCUT2D eigenvalue weighted by Crippen LogP contribution is -2.43. The molecule has 0 radical (unpaired) electrons. The Labute approximate surface area is 148 Å². The van der Waals surface area contributed by atoms with E-state index in [2.05, 4.69) is 0 Å². The van der Waals surface area contributed by atoms with Crippen LogP contribution in [0, 0.1) is 0 Å². The number of thioether (sulfide) groups is 1. The Kier molecular flexibility index (Phi) is 4.95. The second-order valence-corrected chi connectivity index (χ2v) is 7.09. The van der Waals surface area contributed by atoms with Crippen molar-refractivity contribution in [2.24, 2.45) is 0 Å². The van der Waals surface area contributed by atoms with Gasteiger partial charge in [-0.2, -0.15) is 0 Å². The Morgan fingerprint density at radius 1 is 1.09 bits per heavy atom. The number of rotatable bonds is 3. The zero-order chi connectivity index (χ0) is 16.4. The summed E-state index contributed by atoms with van der Waals surface area (Å²) in [5, 5.41) is 0.611. The highest BCUT2D eigenvalue weighted by Gasteiger charge is 2.35. The summed E-state index contributed by atoms with van der Waals surface area (Å²) in [7, 11) is 0. The van der Waals surface area contributed by atoms with Crippen LogP contribution >= 0.6 is 35.0 Å². The fourth-order valence-corrected chi connectivity index (χ4v) is 3.97. The van der Waals surface area contributed by atoms with E-state index in [-0.39, 0.29) is 29.4 Å². The molecular weight excluding hydrogens is 353 g/mol. The number of carbonyl (C=O) groups excluding carboxylic acids is 2. The highest BCUT2D eigenvalue weighted by molar-refractivity contribution is 8.01. The van der Waals surface area contributed by atoms with E-state index in [1.54, 1.807) is 18.2 Å². The minimum Gasteiger partial charge on any atom is -0.276 e. The van der Waals surface area contributed by atoms with Gasteiger partial charge in [-0.1, -0.05) is 59.6 Å². The van der Waals surface area contributed by atoms with E-state index in [0.717, 1.165) is 5.56 Å². The highest BCUT2D eigenvalue weighted by Crippen LogP contribution is 2.35. The first kappa shape index (κ1) is 16.4. The average Bonchev–Trinajstić information content (AvgIpc) is 2.54. The molecule has 1 aliphatic heterocycles. The predicted molar refractivity (Wildman–Crippen MR) is 93.7 cm³/mol. The van der Waals surface area contributed by atoms with Crippen LogP contribution in [-0.4, -0.2) is 22.5 Å². The van der Waals surface area contributed by atoms with Gasteiger partial charge in [0, 0.05) is 10.0 Å². The smallest absolute Gasteiger partial charge is 0.247 e. The van der Waals surface area contributed by atoms with Gasteiger partial charge < -0.3 is 0 Å². The fraction of sp³-hybridized carbons (Fsp3) is 0.176.